The summed E-state index contributed by atoms with van der Waals surface area (Å²) in [5, 5.41) is 3.64. The van der Waals surface area contributed by atoms with Gasteiger partial charge in [-0.2, -0.15) is 0 Å². The minimum Gasteiger partial charge on any atom is -0.463 e. The Bertz CT molecular complexity index is 605. The van der Waals surface area contributed by atoms with Crippen LogP contribution in [0.1, 0.15) is 5.56 Å². The lowest BCUT2D eigenvalue weighted by Crippen LogP contribution is -1.73. The number of furan rings is 1. The molecule has 0 bridgehead atoms. The van der Waals surface area contributed by atoms with Crippen molar-refractivity contribution in [1.29, 1.82) is 0 Å². The van der Waals surface area contributed by atoms with Crippen LogP contribution in [0.2, 0.25) is 0 Å². The molecule has 0 amide bonds. The summed E-state index contributed by atoms with van der Waals surface area (Å²) in [4.78, 5) is 0. The first-order valence-electron chi connectivity index (χ1n) is 4.72. The second-order valence-electron chi connectivity index (χ2n) is 3.58. The zero-order valence-corrected chi connectivity index (χ0v) is 7.95. The van der Waals surface area contributed by atoms with Crippen molar-refractivity contribution in [3.8, 4) is 0 Å². The van der Waals surface area contributed by atoms with Crippen molar-refractivity contribution in [3.63, 3.8) is 0 Å². The van der Waals surface area contributed by atoms with Gasteiger partial charge in [-0.15, -0.1) is 0 Å². The Kier molecular flexibility index (Phi) is 1.42. The number of rotatable bonds is 0. The van der Waals surface area contributed by atoms with Gasteiger partial charge in [0.1, 0.15) is 5.58 Å². The van der Waals surface area contributed by atoms with Crippen molar-refractivity contribution >= 4 is 21.7 Å². The van der Waals surface area contributed by atoms with Crippen LogP contribution >= 0.6 is 0 Å². The fourth-order valence-electron chi connectivity index (χ4n) is 1.89. The van der Waals surface area contributed by atoms with Gasteiger partial charge < -0.3 is 4.42 Å². The molecule has 0 radical (unpaired) electrons. The highest BCUT2D eigenvalue weighted by atomic mass is 16.3. The minimum absolute atomic E-state index is 1.00. The minimum atomic E-state index is 1.00. The van der Waals surface area contributed by atoms with Crippen LogP contribution in [-0.2, 0) is 0 Å². The average Bonchev–Trinajstić information content (AvgIpc) is 2.61. The molecule has 68 valence electrons. The SMILES string of the molecule is Cc1coc2c1ccc1ccccc12. The molecule has 0 aliphatic carbocycles. The van der Waals surface area contributed by atoms with Crippen molar-refractivity contribution < 1.29 is 4.42 Å². The molecule has 1 nitrogen and oxygen atoms in total. The van der Waals surface area contributed by atoms with Crippen LogP contribution in [0.15, 0.2) is 47.1 Å². The smallest absolute Gasteiger partial charge is 0.141 e. The summed E-state index contributed by atoms with van der Waals surface area (Å²) >= 11 is 0. The van der Waals surface area contributed by atoms with E-state index in [-0.39, 0.29) is 0 Å². The molecular weight excluding hydrogens is 172 g/mol. The van der Waals surface area contributed by atoms with Crippen molar-refractivity contribution in [3.05, 3.63) is 48.2 Å². The molecule has 0 saturated heterocycles. The summed E-state index contributed by atoms with van der Waals surface area (Å²) < 4.78 is 5.56. The van der Waals surface area contributed by atoms with E-state index in [4.69, 9.17) is 4.42 Å². The molecule has 0 spiro atoms. The third kappa shape index (κ3) is 0.896. The Balaban J connectivity index is 2.61. The molecule has 1 heterocycles. The van der Waals surface area contributed by atoms with Crippen LogP contribution < -0.4 is 0 Å². The Morgan fingerprint density at radius 1 is 0.929 bits per heavy atom. The van der Waals surface area contributed by atoms with Crippen LogP contribution in [-0.4, -0.2) is 0 Å². The predicted octanol–water partition coefficient (Wildman–Crippen LogP) is 3.89. The zero-order chi connectivity index (χ0) is 9.54. The lowest BCUT2D eigenvalue weighted by molar-refractivity contribution is 0.616. The van der Waals surface area contributed by atoms with Gasteiger partial charge in [-0.25, -0.2) is 0 Å². The molecule has 0 aliphatic rings. The van der Waals surface area contributed by atoms with Crippen LogP contribution in [0.5, 0.6) is 0 Å². The summed E-state index contributed by atoms with van der Waals surface area (Å²) in [5.41, 5.74) is 2.20. The van der Waals surface area contributed by atoms with Gasteiger partial charge in [0.15, 0.2) is 0 Å². The van der Waals surface area contributed by atoms with Crippen LogP contribution in [0.25, 0.3) is 21.7 Å². The molecule has 0 fully saturated rings. The summed E-state index contributed by atoms with van der Waals surface area (Å²) in [7, 11) is 0. The monoisotopic (exact) mass is 182 g/mol. The van der Waals surface area contributed by atoms with Gasteiger partial charge >= 0.3 is 0 Å². The Hall–Kier alpha value is -1.76. The number of benzene rings is 2. The Labute approximate surface area is 82.0 Å². The molecule has 0 atom stereocenters. The fourth-order valence-corrected chi connectivity index (χ4v) is 1.89. The maximum atomic E-state index is 5.56. The summed E-state index contributed by atoms with van der Waals surface area (Å²) in [6.07, 6.45) is 1.82. The Morgan fingerprint density at radius 2 is 1.79 bits per heavy atom. The van der Waals surface area contributed by atoms with E-state index < -0.39 is 0 Å². The van der Waals surface area contributed by atoms with Gasteiger partial charge in [0, 0.05) is 10.8 Å². The Morgan fingerprint density at radius 3 is 2.71 bits per heavy atom. The number of hydrogen-bond acceptors (Lipinski definition) is 1. The number of hydrogen-bond donors (Lipinski definition) is 0. The van der Waals surface area contributed by atoms with Crippen LogP contribution in [0.4, 0.5) is 0 Å². The molecule has 2 aromatic carbocycles. The van der Waals surface area contributed by atoms with E-state index in [9.17, 15) is 0 Å². The highest BCUT2D eigenvalue weighted by molar-refractivity contribution is 6.05. The van der Waals surface area contributed by atoms with Gasteiger partial charge in [0.2, 0.25) is 0 Å². The lowest BCUT2D eigenvalue weighted by Gasteiger charge is -1.97. The predicted molar refractivity (Wildman–Crippen MR) is 58.5 cm³/mol. The first-order chi connectivity index (χ1) is 6.86. The third-order valence-corrected chi connectivity index (χ3v) is 2.66. The molecule has 1 heteroatoms. The molecule has 0 aliphatic heterocycles. The standard InChI is InChI=1S/C13H10O/c1-9-8-14-13-11(9)7-6-10-4-2-3-5-12(10)13/h2-8H,1H3. The van der Waals surface area contributed by atoms with E-state index in [0.29, 0.717) is 0 Å². The van der Waals surface area contributed by atoms with Crippen molar-refractivity contribution in [2.24, 2.45) is 0 Å². The van der Waals surface area contributed by atoms with E-state index in [1.807, 2.05) is 18.4 Å². The average molecular weight is 182 g/mol. The van der Waals surface area contributed by atoms with Gasteiger partial charge in [-0.1, -0.05) is 36.4 Å². The second kappa shape index (κ2) is 2.61. The van der Waals surface area contributed by atoms with E-state index in [2.05, 4.69) is 31.2 Å². The molecule has 0 saturated carbocycles. The normalized spacial score (nSPS) is 11.2. The highest BCUT2D eigenvalue weighted by Gasteiger charge is 2.04. The van der Waals surface area contributed by atoms with E-state index in [0.717, 1.165) is 5.58 Å². The quantitative estimate of drug-likeness (QED) is 0.514. The van der Waals surface area contributed by atoms with E-state index in [1.54, 1.807) is 0 Å². The molecule has 3 aromatic rings. The molecule has 0 N–H and O–H groups in total. The summed E-state index contributed by atoms with van der Waals surface area (Å²) in [6.45, 7) is 2.07. The maximum absolute atomic E-state index is 5.56. The molecule has 1 aromatic heterocycles. The lowest BCUT2D eigenvalue weighted by atomic mass is 10.1. The fraction of sp³-hybridized carbons (Fsp3) is 0.0769. The van der Waals surface area contributed by atoms with Crippen LogP contribution in [0, 0.1) is 6.92 Å². The zero-order valence-electron chi connectivity index (χ0n) is 7.95. The van der Waals surface area contributed by atoms with Crippen LogP contribution in [0.3, 0.4) is 0 Å². The number of fused-ring (bicyclic) bond motifs is 3. The van der Waals surface area contributed by atoms with Gasteiger partial charge in [0.05, 0.1) is 6.26 Å². The first-order valence-corrected chi connectivity index (χ1v) is 4.72. The molecule has 0 unspecified atom stereocenters. The third-order valence-electron chi connectivity index (χ3n) is 2.66. The molecule has 14 heavy (non-hydrogen) atoms. The molecular formula is C13H10O. The topological polar surface area (TPSA) is 13.1 Å². The van der Waals surface area contributed by atoms with Crippen molar-refractivity contribution in [1.82, 2.24) is 0 Å². The van der Waals surface area contributed by atoms with E-state index >= 15 is 0 Å². The van der Waals surface area contributed by atoms with Gasteiger partial charge in [0.25, 0.3) is 0 Å². The number of aryl methyl sites for hydroxylation is 1. The van der Waals surface area contributed by atoms with Gasteiger partial charge in [-0.3, -0.25) is 0 Å². The summed E-state index contributed by atoms with van der Waals surface area (Å²) in [6, 6.07) is 12.5. The van der Waals surface area contributed by atoms with E-state index in [1.165, 1.54) is 21.7 Å². The van der Waals surface area contributed by atoms with Crippen molar-refractivity contribution in [2.75, 3.05) is 0 Å². The highest BCUT2D eigenvalue weighted by Crippen LogP contribution is 2.28. The first kappa shape index (κ1) is 7.63. The summed E-state index contributed by atoms with van der Waals surface area (Å²) in [5.74, 6) is 0. The second-order valence-corrected chi connectivity index (χ2v) is 3.58. The largest absolute Gasteiger partial charge is 0.463 e. The van der Waals surface area contributed by atoms with Gasteiger partial charge in [-0.05, 0) is 17.9 Å². The molecule has 3 rings (SSSR count). The van der Waals surface area contributed by atoms with Crippen molar-refractivity contribution in [2.45, 2.75) is 6.92 Å². The maximum Gasteiger partial charge on any atom is 0.141 e.